The van der Waals surface area contributed by atoms with Gasteiger partial charge in [0.05, 0.1) is 16.8 Å². The molecule has 33 heavy (non-hydrogen) atoms. The highest BCUT2D eigenvalue weighted by molar-refractivity contribution is 6.09. The van der Waals surface area contributed by atoms with Crippen LogP contribution in [0.4, 0.5) is 0 Å². The predicted octanol–water partition coefficient (Wildman–Crippen LogP) is 4.22. The van der Waals surface area contributed by atoms with Crippen molar-refractivity contribution in [2.45, 2.75) is 13.1 Å². The first-order chi connectivity index (χ1) is 15.8. The number of nitrogens with zero attached hydrogens (tertiary/aromatic N) is 4. The summed E-state index contributed by atoms with van der Waals surface area (Å²) in [6, 6.07) is 15.3. The number of phenols is 1. The summed E-state index contributed by atoms with van der Waals surface area (Å²) in [6.07, 6.45) is 3.39. The fraction of sp³-hybridized carbons (Fsp3) is 0.231. The number of rotatable bonds is 7. The number of para-hydroxylation sites is 1. The van der Waals surface area contributed by atoms with Crippen LogP contribution < -0.4 is 0 Å². The summed E-state index contributed by atoms with van der Waals surface area (Å²) in [5.41, 5.74) is 4.46. The monoisotopic (exact) mass is 444 g/mol. The largest absolute Gasteiger partial charge is 0.507 e. The van der Waals surface area contributed by atoms with Crippen LogP contribution in [0.3, 0.4) is 0 Å². The minimum atomic E-state index is -1.01. The molecule has 0 fully saturated rings. The zero-order chi connectivity index (χ0) is 23.7. The predicted molar refractivity (Wildman–Crippen MR) is 130 cm³/mol. The van der Waals surface area contributed by atoms with Gasteiger partial charge < -0.3 is 24.6 Å². The van der Waals surface area contributed by atoms with E-state index in [4.69, 9.17) is 0 Å². The molecule has 0 radical (unpaired) electrons. The molecular formula is C26H28N4O3. The van der Waals surface area contributed by atoms with E-state index in [0.717, 1.165) is 16.8 Å². The Bertz CT molecular complexity index is 1300. The van der Waals surface area contributed by atoms with Gasteiger partial charge in [-0.15, -0.1) is 0 Å². The molecule has 0 unspecified atom stereocenters. The van der Waals surface area contributed by atoms with Crippen LogP contribution in [0.1, 0.15) is 21.6 Å². The highest BCUT2D eigenvalue weighted by atomic mass is 16.4. The van der Waals surface area contributed by atoms with E-state index in [1.165, 1.54) is 0 Å². The van der Waals surface area contributed by atoms with Crippen molar-refractivity contribution < 1.29 is 15.0 Å². The molecule has 0 atom stereocenters. The van der Waals surface area contributed by atoms with Crippen molar-refractivity contribution in [3.63, 3.8) is 0 Å². The summed E-state index contributed by atoms with van der Waals surface area (Å²) in [6.45, 7) is 0.812. The number of hydrogen-bond acceptors (Lipinski definition) is 5. The van der Waals surface area contributed by atoms with Gasteiger partial charge in [-0.25, -0.2) is 4.79 Å². The molecule has 0 aliphatic carbocycles. The van der Waals surface area contributed by atoms with Gasteiger partial charge in [-0.2, -0.15) is 0 Å². The normalized spacial score (nSPS) is 11.6. The molecule has 4 aromatic rings. The number of benzene rings is 2. The van der Waals surface area contributed by atoms with Crippen LogP contribution >= 0.6 is 0 Å². The minimum Gasteiger partial charge on any atom is -0.507 e. The second-order valence-corrected chi connectivity index (χ2v) is 8.66. The van der Waals surface area contributed by atoms with Gasteiger partial charge in [0.25, 0.3) is 0 Å². The molecule has 0 saturated heterocycles. The molecular weight excluding hydrogens is 416 g/mol. The van der Waals surface area contributed by atoms with Gasteiger partial charge in [0.1, 0.15) is 5.75 Å². The maximum Gasteiger partial charge on any atom is 0.338 e. The van der Waals surface area contributed by atoms with E-state index in [2.05, 4.69) is 4.98 Å². The number of aromatic nitrogens is 2. The van der Waals surface area contributed by atoms with E-state index >= 15 is 0 Å². The Hall–Kier alpha value is -3.68. The van der Waals surface area contributed by atoms with E-state index in [9.17, 15) is 15.0 Å². The Morgan fingerprint density at radius 1 is 1.00 bits per heavy atom. The van der Waals surface area contributed by atoms with E-state index < -0.39 is 5.97 Å². The summed E-state index contributed by atoms with van der Waals surface area (Å²) in [5.74, 6) is -0.937. The smallest absolute Gasteiger partial charge is 0.338 e. The molecule has 0 saturated carbocycles. The molecule has 170 valence electrons. The second-order valence-electron chi connectivity index (χ2n) is 8.66. The fourth-order valence-corrected chi connectivity index (χ4v) is 4.33. The number of fused-ring (bicyclic) bond motifs is 1. The highest BCUT2D eigenvalue weighted by Crippen LogP contribution is 2.42. The third-order valence-electron chi connectivity index (χ3n) is 5.57. The topological polar surface area (TPSA) is 81.8 Å². The summed E-state index contributed by atoms with van der Waals surface area (Å²) in [5, 5.41) is 22.3. The molecule has 4 rings (SSSR count). The van der Waals surface area contributed by atoms with Gasteiger partial charge >= 0.3 is 5.97 Å². The van der Waals surface area contributed by atoms with Gasteiger partial charge in [-0.3, -0.25) is 4.98 Å². The Morgan fingerprint density at radius 2 is 1.70 bits per heavy atom. The third kappa shape index (κ3) is 4.20. The highest BCUT2D eigenvalue weighted by Gasteiger charge is 2.28. The maximum absolute atomic E-state index is 12.6. The zero-order valence-corrected chi connectivity index (χ0v) is 19.3. The average Bonchev–Trinajstić information content (AvgIpc) is 3.09. The van der Waals surface area contributed by atoms with Crippen molar-refractivity contribution in [2.75, 3.05) is 28.2 Å². The Kier molecular flexibility index (Phi) is 6.18. The summed E-state index contributed by atoms with van der Waals surface area (Å²) in [4.78, 5) is 20.7. The first-order valence-electron chi connectivity index (χ1n) is 10.7. The maximum atomic E-state index is 12.6. The van der Waals surface area contributed by atoms with E-state index in [0.29, 0.717) is 35.3 Å². The molecule has 0 bridgehead atoms. The summed E-state index contributed by atoms with van der Waals surface area (Å²) >= 11 is 0. The number of carboxylic acid groups (broad SMARTS) is 1. The number of hydrogen-bond donors (Lipinski definition) is 2. The van der Waals surface area contributed by atoms with Crippen LogP contribution in [-0.2, 0) is 13.1 Å². The number of aromatic hydroxyl groups is 1. The van der Waals surface area contributed by atoms with Gasteiger partial charge in [0, 0.05) is 53.2 Å². The molecule has 0 amide bonds. The molecule has 2 aromatic heterocycles. The van der Waals surface area contributed by atoms with Gasteiger partial charge in [0.2, 0.25) is 0 Å². The lowest BCUT2D eigenvalue weighted by atomic mass is 9.96. The zero-order valence-electron chi connectivity index (χ0n) is 19.3. The lowest BCUT2D eigenvalue weighted by Gasteiger charge is -2.17. The standard InChI is InChI=1S/C26H28N4O3/c1-28(2)15-20-23-21(13-19(25(20)31)17-9-8-12-27-14-17)30(18-10-6-5-7-11-18)22(16-29(3)4)24(23)26(32)33/h5-14,31H,15-16H2,1-4H3,(H,32,33). The van der Waals surface area contributed by atoms with Crippen molar-refractivity contribution in [3.05, 3.63) is 77.7 Å². The van der Waals surface area contributed by atoms with Crippen LogP contribution in [0, 0.1) is 0 Å². The average molecular weight is 445 g/mol. The number of phenolic OH excluding ortho intramolecular Hbond substituents is 1. The van der Waals surface area contributed by atoms with Crippen molar-refractivity contribution in [1.82, 2.24) is 19.4 Å². The van der Waals surface area contributed by atoms with Crippen molar-refractivity contribution in [3.8, 4) is 22.6 Å². The SMILES string of the molecule is CN(C)Cc1c(O)c(-c2cccnc2)cc2c1c(C(=O)O)c(CN(C)C)n2-c1ccccc1. The van der Waals surface area contributed by atoms with Crippen molar-refractivity contribution >= 4 is 16.9 Å². The second kappa shape index (κ2) is 9.05. The number of carboxylic acids is 1. The molecule has 2 N–H and O–H groups in total. The molecule has 2 aromatic carbocycles. The van der Waals surface area contributed by atoms with Crippen LogP contribution in [0.15, 0.2) is 60.9 Å². The number of carbonyl (C=O) groups is 1. The molecule has 0 aliphatic heterocycles. The number of pyridine rings is 1. The molecule has 2 heterocycles. The van der Waals surface area contributed by atoms with Crippen LogP contribution in [0.2, 0.25) is 0 Å². The Labute approximate surface area is 193 Å². The van der Waals surface area contributed by atoms with Crippen LogP contribution in [0.25, 0.3) is 27.7 Å². The first kappa shape index (κ1) is 22.5. The van der Waals surface area contributed by atoms with Gasteiger partial charge in [-0.05, 0) is 52.5 Å². The minimum absolute atomic E-state index is 0.0771. The van der Waals surface area contributed by atoms with Gasteiger partial charge in [0.15, 0.2) is 0 Å². The quantitative estimate of drug-likeness (QED) is 0.444. The van der Waals surface area contributed by atoms with E-state index in [1.807, 2.05) is 91.1 Å². The molecule has 0 aliphatic rings. The lowest BCUT2D eigenvalue weighted by molar-refractivity contribution is 0.0697. The Balaban J connectivity index is 2.21. The van der Waals surface area contributed by atoms with E-state index in [-0.39, 0.29) is 11.3 Å². The number of aromatic carboxylic acids is 1. The molecule has 7 heteroatoms. The lowest BCUT2D eigenvalue weighted by Crippen LogP contribution is -2.17. The van der Waals surface area contributed by atoms with Gasteiger partial charge in [-0.1, -0.05) is 24.3 Å². The van der Waals surface area contributed by atoms with Crippen LogP contribution in [0.5, 0.6) is 5.75 Å². The first-order valence-corrected chi connectivity index (χ1v) is 10.7. The van der Waals surface area contributed by atoms with Crippen molar-refractivity contribution in [2.24, 2.45) is 0 Å². The summed E-state index contributed by atoms with van der Waals surface area (Å²) in [7, 11) is 7.63. The summed E-state index contributed by atoms with van der Waals surface area (Å²) < 4.78 is 2.00. The van der Waals surface area contributed by atoms with Crippen molar-refractivity contribution in [1.29, 1.82) is 0 Å². The van der Waals surface area contributed by atoms with E-state index in [1.54, 1.807) is 12.4 Å². The van der Waals surface area contributed by atoms with Crippen LogP contribution in [-0.4, -0.2) is 63.7 Å². The molecule has 0 spiro atoms. The molecule has 7 nitrogen and oxygen atoms in total. The fourth-order valence-electron chi connectivity index (χ4n) is 4.33. The third-order valence-corrected chi connectivity index (χ3v) is 5.57. The Morgan fingerprint density at radius 3 is 2.27 bits per heavy atom.